The molecule has 0 spiro atoms. The minimum atomic E-state index is -0.171. The first-order valence-electron chi connectivity index (χ1n) is 9.16. The summed E-state index contributed by atoms with van der Waals surface area (Å²) in [5, 5.41) is 12.4. The molecule has 2 aromatic carbocycles. The maximum absolute atomic E-state index is 12.5. The van der Waals surface area contributed by atoms with Crippen LogP contribution in [0.25, 0.3) is 11.5 Å². The van der Waals surface area contributed by atoms with Crippen LogP contribution in [0.2, 0.25) is 10.0 Å². The third-order valence-electron chi connectivity index (χ3n) is 4.52. The lowest BCUT2D eigenvalue weighted by Crippen LogP contribution is -2.22. The Morgan fingerprint density at radius 2 is 1.83 bits per heavy atom. The highest BCUT2D eigenvalue weighted by Crippen LogP contribution is 2.36. The van der Waals surface area contributed by atoms with E-state index in [0.29, 0.717) is 32.4 Å². The third kappa shape index (κ3) is 4.69. The van der Waals surface area contributed by atoms with Crippen molar-refractivity contribution in [1.29, 1.82) is 0 Å². The number of aromatic nitrogens is 2. The summed E-state index contributed by atoms with van der Waals surface area (Å²) in [6.45, 7) is 1.88. The zero-order valence-electron chi connectivity index (χ0n) is 15.4. The lowest BCUT2D eigenvalue weighted by molar-refractivity contribution is -0.113. The minimum Gasteiger partial charge on any atom is -0.411 e. The molecule has 0 unspecified atom stereocenters. The molecule has 3 aromatic rings. The number of anilines is 2. The molecule has 9 heteroatoms. The van der Waals surface area contributed by atoms with Crippen molar-refractivity contribution in [2.24, 2.45) is 0 Å². The van der Waals surface area contributed by atoms with E-state index in [4.69, 9.17) is 27.6 Å². The smallest absolute Gasteiger partial charge is 0.277 e. The first-order chi connectivity index (χ1) is 14.1. The zero-order valence-corrected chi connectivity index (χ0v) is 17.7. The van der Waals surface area contributed by atoms with Crippen molar-refractivity contribution in [3.8, 4) is 11.5 Å². The topological polar surface area (TPSA) is 71.3 Å². The highest BCUT2D eigenvalue weighted by molar-refractivity contribution is 7.99. The van der Waals surface area contributed by atoms with E-state index >= 15 is 0 Å². The van der Waals surface area contributed by atoms with Crippen LogP contribution in [0, 0.1) is 0 Å². The number of halogens is 2. The lowest BCUT2D eigenvalue weighted by Gasteiger charge is -2.22. The van der Waals surface area contributed by atoms with Crippen LogP contribution in [0.5, 0.6) is 0 Å². The van der Waals surface area contributed by atoms with Gasteiger partial charge in [0.25, 0.3) is 5.22 Å². The van der Waals surface area contributed by atoms with E-state index in [0.717, 1.165) is 31.6 Å². The van der Waals surface area contributed by atoms with Crippen molar-refractivity contribution in [2.45, 2.75) is 18.1 Å². The number of hydrogen-bond acceptors (Lipinski definition) is 6. The second kappa shape index (κ2) is 9.07. The Morgan fingerprint density at radius 1 is 1.07 bits per heavy atom. The summed E-state index contributed by atoms with van der Waals surface area (Å²) in [7, 11) is 0. The highest BCUT2D eigenvalue weighted by Gasteiger charge is 2.20. The van der Waals surface area contributed by atoms with E-state index in [9.17, 15) is 4.79 Å². The number of amides is 1. The number of rotatable bonds is 6. The Labute approximate surface area is 182 Å². The van der Waals surface area contributed by atoms with Gasteiger partial charge in [-0.3, -0.25) is 4.79 Å². The van der Waals surface area contributed by atoms with Gasteiger partial charge in [0.2, 0.25) is 11.8 Å². The van der Waals surface area contributed by atoms with E-state index in [1.807, 2.05) is 30.3 Å². The Balaban J connectivity index is 1.40. The Hall–Kier alpha value is -2.22. The molecule has 0 atom stereocenters. The van der Waals surface area contributed by atoms with Gasteiger partial charge < -0.3 is 14.6 Å². The largest absolute Gasteiger partial charge is 0.411 e. The molecule has 0 radical (unpaired) electrons. The standard InChI is InChI=1S/C20H18Cl2N4O2S/c21-14-7-2-1-6-13(14)19-24-25-20(28-19)29-12-17(27)23-16-9-5-8-15(22)18(16)26-10-3-4-11-26/h1-2,5-9H,3-4,10-12H2,(H,23,27). The lowest BCUT2D eigenvalue weighted by atomic mass is 10.2. The van der Waals surface area contributed by atoms with Gasteiger partial charge in [-0.25, -0.2) is 0 Å². The van der Waals surface area contributed by atoms with Crippen molar-refractivity contribution >= 4 is 52.2 Å². The molecule has 1 fully saturated rings. The zero-order chi connectivity index (χ0) is 20.2. The van der Waals surface area contributed by atoms with E-state index in [1.165, 1.54) is 11.8 Å². The molecular weight excluding hydrogens is 431 g/mol. The van der Waals surface area contributed by atoms with Gasteiger partial charge in [-0.1, -0.05) is 53.2 Å². The van der Waals surface area contributed by atoms with Crippen molar-refractivity contribution in [3.63, 3.8) is 0 Å². The second-order valence-electron chi connectivity index (χ2n) is 6.52. The summed E-state index contributed by atoms with van der Waals surface area (Å²) in [6.07, 6.45) is 2.25. The van der Waals surface area contributed by atoms with Gasteiger partial charge in [-0.15, -0.1) is 10.2 Å². The molecule has 1 aliphatic rings. The first kappa shape index (κ1) is 20.1. The Morgan fingerprint density at radius 3 is 2.62 bits per heavy atom. The molecule has 1 amide bonds. The normalized spacial score (nSPS) is 13.7. The van der Waals surface area contributed by atoms with Crippen LogP contribution >= 0.6 is 35.0 Å². The number of benzene rings is 2. The fraction of sp³-hybridized carbons (Fsp3) is 0.250. The summed E-state index contributed by atoms with van der Waals surface area (Å²) < 4.78 is 5.62. The van der Waals surface area contributed by atoms with Crippen LogP contribution in [-0.2, 0) is 4.79 Å². The minimum absolute atomic E-state index is 0.135. The second-order valence-corrected chi connectivity index (χ2v) is 8.26. The van der Waals surface area contributed by atoms with Crippen LogP contribution in [0.4, 0.5) is 11.4 Å². The molecule has 150 valence electrons. The van der Waals surface area contributed by atoms with E-state index < -0.39 is 0 Å². The molecule has 4 rings (SSSR count). The molecule has 1 saturated heterocycles. The van der Waals surface area contributed by atoms with E-state index in [-0.39, 0.29) is 11.7 Å². The Kier molecular flexibility index (Phi) is 6.28. The number of hydrogen-bond donors (Lipinski definition) is 1. The van der Waals surface area contributed by atoms with Gasteiger partial charge in [-0.05, 0) is 37.1 Å². The van der Waals surface area contributed by atoms with Crippen molar-refractivity contribution < 1.29 is 9.21 Å². The maximum Gasteiger partial charge on any atom is 0.277 e. The third-order valence-corrected chi connectivity index (χ3v) is 5.97. The number of carbonyl (C=O) groups is 1. The molecule has 2 heterocycles. The molecule has 1 N–H and O–H groups in total. The molecule has 0 aliphatic carbocycles. The van der Waals surface area contributed by atoms with Crippen LogP contribution < -0.4 is 10.2 Å². The summed E-state index contributed by atoms with van der Waals surface area (Å²) in [4.78, 5) is 14.7. The quantitative estimate of drug-likeness (QED) is 0.510. The predicted molar refractivity (Wildman–Crippen MR) is 117 cm³/mol. The molecule has 6 nitrogen and oxygen atoms in total. The molecule has 1 aromatic heterocycles. The van der Waals surface area contributed by atoms with Gasteiger partial charge in [0, 0.05) is 13.1 Å². The molecule has 1 aliphatic heterocycles. The molecule has 0 bridgehead atoms. The van der Waals surface area contributed by atoms with Crippen LogP contribution in [-0.4, -0.2) is 34.9 Å². The van der Waals surface area contributed by atoms with Gasteiger partial charge in [-0.2, -0.15) is 0 Å². The van der Waals surface area contributed by atoms with Crippen molar-refractivity contribution in [1.82, 2.24) is 10.2 Å². The SMILES string of the molecule is O=C(CSc1nnc(-c2ccccc2Cl)o1)Nc1cccc(Cl)c1N1CCCC1. The maximum atomic E-state index is 12.5. The highest BCUT2D eigenvalue weighted by atomic mass is 35.5. The summed E-state index contributed by atoms with van der Waals surface area (Å²) >= 11 is 13.7. The number of nitrogens with one attached hydrogen (secondary N) is 1. The monoisotopic (exact) mass is 448 g/mol. The summed E-state index contributed by atoms with van der Waals surface area (Å²) in [5.74, 6) is 0.288. The van der Waals surface area contributed by atoms with Gasteiger partial charge in [0.1, 0.15) is 0 Å². The van der Waals surface area contributed by atoms with Crippen molar-refractivity contribution in [2.75, 3.05) is 29.1 Å². The summed E-state index contributed by atoms with van der Waals surface area (Å²) in [6, 6.07) is 12.8. The van der Waals surface area contributed by atoms with Crippen LogP contribution in [0.3, 0.4) is 0 Å². The number of thioether (sulfide) groups is 1. The number of nitrogens with zero attached hydrogens (tertiary/aromatic N) is 3. The van der Waals surface area contributed by atoms with Crippen LogP contribution in [0.15, 0.2) is 52.1 Å². The Bertz CT molecular complexity index is 1020. The number of carbonyl (C=O) groups excluding carboxylic acids is 1. The van der Waals surface area contributed by atoms with Gasteiger partial charge in [0.15, 0.2) is 0 Å². The van der Waals surface area contributed by atoms with E-state index in [2.05, 4.69) is 20.4 Å². The molecular formula is C20H18Cl2N4O2S. The van der Waals surface area contributed by atoms with Crippen molar-refractivity contribution in [3.05, 3.63) is 52.5 Å². The fourth-order valence-electron chi connectivity index (χ4n) is 3.20. The molecule has 0 saturated carbocycles. The average Bonchev–Trinajstić information content (AvgIpc) is 3.39. The molecule has 29 heavy (non-hydrogen) atoms. The average molecular weight is 449 g/mol. The fourth-order valence-corrected chi connectivity index (χ4v) is 4.28. The van der Waals surface area contributed by atoms with Gasteiger partial charge >= 0.3 is 0 Å². The van der Waals surface area contributed by atoms with Gasteiger partial charge in [0.05, 0.1) is 32.7 Å². The number of para-hydroxylation sites is 1. The van der Waals surface area contributed by atoms with Crippen LogP contribution in [0.1, 0.15) is 12.8 Å². The predicted octanol–water partition coefficient (Wildman–Crippen LogP) is 5.37. The summed E-state index contributed by atoms with van der Waals surface area (Å²) in [5.41, 5.74) is 2.25. The van der Waals surface area contributed by atoms with E-state index in [1.54, 1.807) is 12.1 Å². The first-order valence-corrected chi connectivity index (χ1v) is 10.9.